The highest BCUT2D eigenvalue weighted by Gasteiger charge is 2.39. The van der Waals surface area contributed by atoms with E-state index in [-0.39, 0.29) is 35.9 Å². The number of pyridine rings is 1. The van der Waals surface area contributed by atoms with Crippen LogP contribution in [0.2, 0.25) is 0 Å². The topological polar surface area (TPSA) is 131 Å². The van der Waals surface area contributed by atoms with Gasteiger partial charge in [-0.1, -0.05) is 6.07 Å². The predicted molar refractivity (Wildman–Crippen MR) is 196 cm³/mol. The Morgan fingerprint density at radius 3 is 2.51 bits per heavy atom. The van der Waals surface area contributed by atoms with Gasteiger partial charge in [0.1, 0.15) is 22.9 Å². The zero-order chi connectivity index (χ0) is 36.6. The van der Waals surface area contributed by atoms with Gasteiger partial charge in [0.25, 0.3) is 0 Å². The Kier molecular flexibility index (Phi) is 11.2. The normalized spacial score (nSPS) is 18.8. The van der Waals surface area contributed by atoms with Crippen LogP contribution in [-0.4, -0.2) is 96.7 Å². The number of anilines is 2. The first-order valence-corrected chi connectivity index (χ1v) is 20.5. The Bertz CT molecular complexity index is 1930. The number of β-amino-alcohol motifs (C(OH)–C–C–N with tert-alkyl or cyclic N) is 1. The molecule has 2 N–H and O–H groups in total. The number of benzene rings is 1. The molecule has 3 aromatic heterocycles. The van der Waals surface area contributed by atoms with Crippen LogP contribution in [-0.2, 0) is 32.1 Å². The van der Waals surface area contributed by atoms with Crippen LogP contribution in [0.25, 0.3) is 22.3 Å². The molecule has 1 saturated heterocycles. The molecule has 6 rings (SSSR count). The van der Waals surface area contributed by atoms with E-state index in [0.29, 0.717) is 41.4 Å². The molecule has 276 valence electrons. The van der Waals surface area contributed by atoms with Crippen molar-refractivity contribution in [3.8, 4) is 11.3 Å². The number of halogens is 2. The number of imidazole rings is 1. The van der Waals surface area contributed by atoms with Crippen LogP contribution < -0.4 is 5.32 Å². The summed E-state index contributed by atoms with van der Waals surface area (Å²) in [5, 5.41) is 14.3. The van der Waals surface area contributed by atoms with Crippen LogP contribution in [0.3, 0.4) is 0 Å². The van der Waals surface area contributed by atoms with Crippen molar-refractivity contribution in [3.63, 3.8) is 0 Å². The Balaban J connectivity index is 1.07. The lowest BCUT2D eigenvalue weighted by molar-refractivity contribution is 0.0717. The van der Waals surface area contributed by atoms with E-state index in [1.807, 2.05) is 44.4 Å². The average molecular weight is 745 g/mol. The minimum atomic E-state index is -3.28. The summed E-state index contributed by atoms with van der Waals surface area (Å²) in [4.78, 5) is 22.4. The van der Waals surface area contributed by atoms with E-state index < -0.39 is 24.0 Å². The van der Waals surface area contributed by atoms with Crippen molar-refractivity contribution >= 4 is 41.0 Å². The molecule has 0 spiro atoms. The summed E-state index contributed by atoms with van der Waals surface area (Å²) < 4.78 is 55.9. The Hall–Kier alpha value is -3.04. The van der Waals surface area contributed by atoms with E-state index in [2.05, 4.69) is 30.1 Å². The van der Waals surface area contributed by atoms with E-state index in [4.69, 9.17) is 14.0 Å². The lowest BCUT2D eigenvalue weighted by atomic mass is 10.1. The van der Waals surface area contributed by atoms with Gasteiger partial charge in [-0.05, 0) is 83.1 Å². The standard InChI is InChI=1S/C35H47F2N8O4PS/c1-7-48-50(47,49-8-2)51-22-35(46)12-14-44(21-35)16-15-43-13-11-28-24(20-43)9-10-30(40-28)41-33-38-19-27(37)31(42-33)25-17-26(36)32-29(18-25)45(23(3)39-32)34(4,5)6/h9-10,17-19,46H,7-8,11-16,20-22H2,1-6H3,(H,38,40,41,42). The molecule has 0 saturated carbocycles. The molecule has 5 heterocycles. The molecular formula is C35H47F2N8O4PS. The summed E-state index contributed by atoms with van der Waals surface area (Å²) in [6.45, 7) is 13.2. The van der Waals surface area contributed by atoms with E-state index in [9.17, 15) is 9.67 Å². The minimum Gasteiger partial charge on any atom is -0.388 e. The molecular weight excluding hydrogens is 697 g/mol. The number of aromatic nitrogens is 5. The van der Waals surface area contributed by atoms with Crippen molar-refractivity contribution in [2.24, 2.45) is 0 Å². The molecule has 2 aliphatic rings. The fraction of sp³-hybridized carbons (Fsp3) is 0.543. The maximum Gasteiger partial charge on any atom is 0.389 e. The maximum atomic E-state index is 15.2. The number of nitrogens with zero attached hydrogens (tertiary/aromatic N) is 7. The minimum absolute atomic E-state index is 0.0209. The summed E-state index contributed by atoms with van der Waals surface area (Å²) in [7, 11) is 0. The molecule has 1 aromatic carbocycles. The largest absolute Gasteiger partial charge is 0.389 e. The number of aliphatic hydroxyl groups is 1. The van der Waals surface area contributed by atoms with Gasteiger partial charge in [-0.3, -0.25) is 9.80 Å². The summed E-state index contributed by atoms with van der Waals surface area (Å²) in [6.07, 6.45) is 2.44. The van der Waals surface area contributed by atoms with Crippen molar-refractivity contribution in [1.29, 1.82) is 0 Å². The van der Waals surface area contributed by atoms with Crippen molar-refractivity contribution in [1.82, 2.24) is 34.3 Å². The van der Waals surface area contributed by atoms with Gasteiger partial charge in [0.2, 0.25) is 5.95 Å². The molecule has 0 radical (unpaired) electrons. The van der Waals surface area contributed by atoms with Gasteiger partial charge in [-0.25, -0.2) is 33.3 Å². The van der Waals surface area contributed by atoms with Crippen LogP contribution in [0.1, 0.15) is 58.1 Å². The van der Waals surface area contributed by atoms with E-state index in [0.717, 1.165) is 68.0 Å². The quantitative estimate of drug-likeness (QED) is 0.142. The number of hydrogen-bond donors (Lipinski definition) is 2. The van der Waals surface area contributed by atoms with Gasteiger partial charge in [0.05, 0.1) is 30.5 Å². The van der Waals surface area contributed by atoms with Gasteiger partial charge in [0, 0.05) is 68.2 Å². The van der Waals surface area contributed by atoms with Gasteiger partial charge >= 0.3 is 6.80 Å². The summed E-state index contributed by atoms with van der Waals surface area (Å²) in [5.41, 5.74) is 1.86. The van der Waals surface area contributed by atoms with Crippen molar-refractivity contribution in [2.45, 2.75) is 72.1 Å². The molecule has 12 nitrogen and oxygen atoms in total. The van der Waals surface area contributed by atoms with Crippen molar-refractivity contribution in [2.75, 3.05) is 57.0 Å². The van der Waals surface area contributed by atoms with E-state index in [1.54, 1.807) is 19.9 Å². The van der Waals surface area contributed by atoms with Crippen molar-refractivity contribution < 1.29 is 27.5 Å². The van der Waals surface area contributed by atoms with Gasteiger partial charge in [-0.15, -0.1) is 0 Å². The maximum absolute atomic E-state index is 15.2. The van der Waals surface area contributed by atoms with Gasteiger partial charge in [-0.2, -0.15) is 0 Å². The summed E-state index contributed by atoms with van der Waals surface area (Å²) >= 11 is 1.08. The Labute approximate surface area is 301 Å². The smallest absolute Gasteiger partial charge is 0.388 e. The first kappa shape index (κ1) is 37.7. The molecule has 0 aliphatic carbocycles. The zero-order valence-corrected chi connectivity index (χ0v) is 31.8. The third-order valence-electron chi connectivity index (χ3n) is 9.15. The molecule has 0 bridgehead atoms. The third kappa shape index (κ3) is 8.62. The van der Waals surface area contributed by atoms with Crippen LogP contribution in [0, 0.1) is 18.6 Å². The van der Waals surface area contributed by atoms with Gasteiger partial charge in [0.15, 0.2) is 11.6 Å². The summed E-state index contributed by atoms with van der Waals surface area (Å²) in [6, 6.07) is 6.86. The first-order chi connectivity index (χ1) is 24.2. The molecule has 1 fully saturated rings. The molecule has 1 unspecified atom stereocenters. The summed E-state index contributed by atoms with van der Waals surface area (Å²) in [5.74, 6) is 0.443. The predicted octanol–water partition coefficient (Wildman–Crippen LogP) is 6.68. The first-order valence-electron chi connectivity index (χ1n) is 17.4. The fourth-order valence-electron chi connectivity index (χ4n) is 6.87. The second-order valence-corrected chi connectivity index (χ2v) is 18.2. The van der Waals surface area contributed by atoms with Crippen LogP contribution in [0.15, 0.2) is 30.5 Å². The highest BCUT2D eigenvalue weighted by Crippen LogP contribution is 2.61. The van der Waals surface area contributed by atoms with Crippen LogP contribution >= 0.6 is 18.2 Å². The van der Waals surface area contributed by atoms with Crippen molar-refractivity contribution in [3.05, 3.63) is 59.2 Å². The lowest BCUT2D eigenvalue weighted by Crippen LogP contribution is -2.40. The molecule has 51 heavy (non-hydrogen) atoms. The molecule has 0 amide bonds. The molecule has 2 aliphatic heterocycles. The zero-order valence-electron chi connectivity index (χ0n) is 30.1. The van der Waals surface area contributed by atoms with Crippen LogP contribution in [0.5, 0.6) is 0 Å². The second kappa shape index (κ2) is 15.1. The van der Waals surface area contributed by atoms with E-state index >= 15 is 8.78 Å². The number of likely N-dealkylation sites (tertiary alicyclic amines) is 1. The number of rotatable bonds is 13. The molecule has 16 heteroatoms. The Morgan fingerprint density at radius 2 is 1.78 bits per heavy atom. The van der Waals surface area contributed by atoms with E-state index in [1.165, 1.54) is 6.07 Å². The molecule has 1 atom stereocenters. The SMILES string of the molecule is CCOP(=O)(OCC)SCC1(O)CCN(CCN2CCc3nc(Nc4ncc(F)c(-c5cc(F)c6nc(C)n(C(C)(C)C)c6c5)n4)ccc3C2)C1. The second-order valence-electron chi connectivity index (χ2n) is 14.1. The molecule has 4 aromatic rings. The monoisotopic (exact) mass is 744 g/mol. The van der Waals surface area contributed by atoms with Gasteiger partial charge < -0.3 is 24.0 Å². The number of fused-ring (bicyclic) bond motifs is 2. The number of hydrogen-bond acceptors (Lipinski definition) is 12. The highest BCUT2D eigenvalue weighted by atomic mass is 32.7. The third-order valence-corrected chi connectivity index (χ3v) is 13.2. The lowest BCUT2D eigenvalue weighted by Gasteiger charge is -2.30. The average Bonchev–Trinajstić information content (AvgIpc) is 3.63. The highest BCUT2D eigenvalue weighted by molar-refractivity contribution is 8.55. The fourth-order valence-corrected chi connectivity index (χ4v) is 10.6. The number of aryl methyl sites for hydroxylation is 1. The Morgan fingerprint density at radius 1 is 1.04 bits per heavy atom. The number of nitrogens with one attached hydrogen (secondary N) is 1. The van der Waals surface area contributed by atoms with Crippen LogP contribution in [0.4, 0.5) is 20.5 Å².